The lowest BCUT2D eigenvalue weighted by Gasteiger charge is -2.18. The van der Waals surface area contributed by atoms with E-state index >= 15 is 0 Å². The SMILES string of the molecule is CC/C=C\C/C=C\C/C=C\C/C=C\C/C=C\CCCCCC(=O)OCC(COC(=O)CCCCCCC/C=C\C/C=C\CCCC)OC(=O)CCCCCCCCCCCCCCCCCCCCC. The van der Waals surface area contributed by atoms with Gasteiger partial charge in [0.05, 0.1) is 0 Å². The van der Waals surface area contributed by atoms with Crippen LogP contribution >= 0.6 is 0 Å². The highest BCUT2D eigenvalue weighted by Crippen LogP contribution is 2.16. The maximum Gasteiger partial charge on any atom is 0.306 e. The molecule has 1 atom stereocenters. The Morgan fingerprint density at radius 1 is 0.300 bits per heavy atom. The first-order chi connectivity index (χ1) is 34.5. The van der Waals surface area contributed by atoms with Crippen molar-refractivity contribution in [3.8, 4) is 0 Å². The highest BCUT2D eigenvalue weighted by atomic mass is 16.6. The van der Waals surface area contributed by atoms with Crippen LogP contribution in [0.3, 0.4) is 0 Å². The maximum atomic E-state index is 12.9. The van der Waals surface area contributed by atoms with Gasteiger partial charge in [0.15, 0.2) is 6.10 Å². The minimum atomic E-state index is -0.795. The summed E-state index contributed by atoms with van der Waals surface area (Å²) in [6.45, 7) is 6.47. The van der Waals surface area contributed by atoms with Gasteiger partial charge in [0, 0.05) is 19.3 Å². The summed E-state index contributed by atoms with van der Waals surface area (Å²) in [4.78, 5) is 38.2. The van der Waals surface area contributed by atoms with E-state index in [1.165, 1.54) is 122 Å². The molecule has 0 aliphatic heterocycles. The van der Waals surface area contributed by atoms with Crippen LogP contribution in [0.15, 0.2) is 85.1 Å². The van der Waals surface area contributed by atoms with Gasteiger partial charge in [0.25, 0.3) is 0 Å². The van der Waals surface area contributed by atoms with Crippen LogP contribution in [0.5, 0.6) is 0 Å². The number of carbonyl (C=O) groups is 3. The summed E-state index contributed by atoms with van der Waals surface area (Å²) in [5.74, 6) is -0.929. The van der Waals surface area contributed by atoms with Crippen LogP contribution in [0, 0.1) is 0 Å². The monoisotopic (exact) mass is 975 g/mol. The number of unbranched alkanes of at least 4 members (excludes halogenated alkanes) is 28. The van der Waals surface area contributed by atoms with Gasteiger partial charge < -0.3 is 14.2 Å². The fraction of sp³-hybridized carbons (Fsp3) is 0.734. The molecule has 0 saturated heterocycles. The van der Waals surface area contributed by atoms with Crippen LogP contribution in [-0.4, -0.2) is 37.2 Å². The summed E-state index contributed by atoms with van der Waals surface area (Å²) in [5.41, 5.74) is 0. The third-order valence-corrected chi connectivity index (χ3v) is 12.6. The molecule has 6 heteroatoms. The molecule has 0 saturated carbocycles. The highest BCUT2D eigenvalue weighted by molar-refractivity contribution is 5.71. The lowest BCUT2D eigenvalue weighted by molar-refractivity contribution is -0.167. The summed E-state index contributed by atoms with van der Waals surface area (Å²) in [6.07, 6.45) is 75.7. The van der Waals surface area contributed by atoms with Crippen molar-refractivity contribution in [1.82, 2.24) is 0 Å². The molecule has 0 aromatic carbocycles. The Labute approximate surface area is 433 Å². The summed E-state index contributed by atoms with van der Waals surface area (Å²) in [6, 6.07) is 0. The van der Waals surface area contributed by atoms with E-state index in [0.717, 1.165) is 122 Å². The molecule has 0 radical (unpaired) electrons. The van der Waals surface area contributed by atoms with Crippen LogP contribution in [0.2, 0.25) is 0 Å². The van der Waals surface area contributed by atoms with E-state index in [2.05, 4.69) is 106 Å². The summed E-state index contributed by atoms with van der Waals surface area (Å²) in [7, 11) is 0. The van der Waals surface area contributed by atoms with Gasteiger partial charge in [-0.2, -0.15) is 0 Å². The fourth-order valence-corrected chi connectivity index (χ4v) is 8.19. The van der Waals surface area contributed by atoms with E-state index in [9.17, 15) is 14.4 Å². The zero-order valence-electron chi connectivity index (χ0n) is 46.0. The number of hydrogen-bond donors (Lipinski definition) is 0. The molecule has 0 heterocycles. The predicted molar refractivity (Wildman–Crippen MR) is 302 cm³/mol. The van der Waals surface area contributed by atoms with Crippen molar-refractivity contribution in [3.05, 3.63) is 85.1 Å². The van der Waals surface area contributed by atoms with Gasteiger partial charge in [-0.1, -0.05) is 260 Å². The summed E-state index contributed by atoms with van der Waals surface area (Å²) < 4.78 is 16.9. The Hall–Kier alpha value is -3.41. The van der Waals surface area contributed by atoms with Crippen LogP contribution in [0.25, 0.3) is 0 Å². The van der Waals surface area contributed by atoms with E-state index < -0.39 is 6.10 Å². The van der Waals surface area contributed by atoms with Crippen molar-refractivity contribution in [3.63, 3.8) is 0 Å². The zero-order valence-corrected chi connectivity index (χ0v) is 46.0. The Morgan fingerprint density at radius 3 is 0.929 bits per heavy atom. The largest absolute Gasteiger partial charge is 0.462 e. The van der Waals surface area contributed by atoms with Gasteiger partial charge in [0.1, 0.15) is 13.2 Å². The van der Waals surface area contributed by atoms with Crippen molar-refractivity contribution in [1.29, 1.82) is 0 Å². The van der Waals surface area contributed by atoms with E-state index in [1.54, 1.807) is 0 Å². The van der Waals surface area contributed by atoms with Crippen molar-refractivity contribution >= 4 is 17.9 Å². The minimum Gasteiger partial charge on any atom is -0.462 e. The molecule has 0 aromatic heterocycles. The Bertz CT molecular complexity index is 1350. The van der Waals surface area contributed by atoms with Gasteiger partial charge in [-0.15, -0.1) is 0 Å². The van der Waals surface area contributed by atoms with Crippen molar-refractivity contribution < 1.29 is 28.6 Å². The number of ether oxygens (including phenoxy) is 3. The van der Waals surface area contributed by atoms with Crippen molar-refractivity contribution in [2.45, 2.75) is 290 Å². The number of carbonyl (C=O) groups excluding carboxylic acids is 3. The quantitative estimate of drug-likeness (QED) is 0.0261. The van der Waals surface area contributed by atoms with Crippen molar-refractivity contribution in [2.75, 3.05) is 13.2 Å². The molecule has 0 spiro atoms. The average Bonchev–Trinajstić information content (AvgIpc) is 3.36. The van der Waals surface area contributed by atoms with Gasteiger partial charge in [-0.3, -0.25) is 14.4 Å². The van der Waals surface area contributed by atoms with Crippen LogP contribution in [-0.2, 0) is 28.6 Å². The highest BCUT2D eigenvalue weighted by Gasteiger charge is 2.19. The first kappa shape index (κ1) is 66.6. The number of hydrogen-bond acceptors (Lipinski definition) is 6. The molecule has 0 amide bonds. The zero-order chi connectivity index (χ0) is 50.7. The lowest BCUT2D eigenvalue weighted by Crippen LogP contribution is -2.30. The maximum absolute atomic E-state index is 12.9. The molecule has 70 heavy (non-hydrogen) atoms. The predicted octanol–water partition coefficient (Wildman–Crippen LogP) is 19.9. The van der Waals surface area contributed by atoms with Crippen LogP contribution in [0.4, 0.5) is 0 Å². The molecule has 0 bridgehead atoms. The van der Waals surface area contributed by atoms with E-state index in [0.29, 0.717) is 19.3 Å². The van der Waals surface area contributed by atoms with Crippen molar-refractivity contribution in [2.24, 2.45) is 0 Å². The van der Waals surface area contributed by atoms with E-state index in [1.807, 2.05) is 0 Å². The lowest BCUT2D eigenvalue weighted by atomic mass is 10.0. The second-order valence-corrected chi connectivity index (χ2v) is 19.5. The molecule has 402 valence electrons. The second kappa shape index (κ2) is 58.2. The molecule has 6 nitrogen and oxygen atoms in total. The van der Waals surface area contributed by atoms with Gasteiger partial charge in [-0.25, -0.2) is 0 Å². The second-order valence-electron chi connectivity index (χ2n) is 19.5. The van der Waals surface area contributed by atoms with E-state index in [-0.39, 0.29) is 31.1 Å². The molecule has 0 rings (SSSR count). The first-order valence-electron chi connectivity index (χ1n) is 29.6. The smallest absolute Gasteiger partial charge is 0.306 e. The Morgan fingerprint density at radius 2 is 0.571 bits per heavy atom. The molecule has 0 fully saturated rings. The Kier molecular flexibility index (Phi) is 55.3. The van der Waals surface area contributed by atoms with Gasteiger partial charge in [0.2, 0.25) is 0 Å². The molecular weight excluding hydrogens is 865 g/mol. The van der Waals surface area contributed by atoms with E-state index in [4.69, 9.17) is 14.2 Å². The Balaban J connectivity index is 4.43. The average molecular weight is 976 g/mol. The first-order valence-corrected chi connectivity index (χ1v) is 29.6. The van der Waals surface area contributed by atoms with Gasteiger partial charge >= 0.3 is 17.9 Å². The molecule has 1 unspecified atom stereocenters. The summed E-state index contributed by atoms with van der Waals surface area (Å²) in [5, 5.41) is 0. The third kappa shape index (κ3) is 55.5. The topological polar surface area (TPSA) is 78.9 Å². The standard InChI is InChI=1S/C64H110O6/c1-4-7-10-13-16-19-22-25-28-30-32-34-36-39-42-45-48-51-54-57-63(66)69-60-61(59-68-62(65)56-53-50-47-44-41-38-27-24-21-18-15-12-9-6-3)70-64(67)58-55-52-49-46-43-40-37-35-33-31-29-26-23-20-17-14-11-8-5-2/h7,10,15-16,18-19,24-25,27-28,32,34,39,42,61H,4-6,8-9,11-14,17,20-23,26,29-31,33,35-38,40-41,43-60H2,1-3H3/b10-7-,18-15-,19-16-,27-24-,28-25-,34-32-,42-39-. The molecular formula is C64H110O6. The third-order valence-electron chi connectivity index (χ3n) is 12.6. The minimum absolute atomic E-state index is 0.0928. The number of esters is 3. The van der Waals surface area contributed by atoms with Gasteiger partial charge in [-0.05, 0) is 89.9 Å². The normalized spacial score (nSPS) is 12.7. The fourth-order valence-electron chi connectivity index (χ4n) is 8.19. The number of rotatable bonds is 53. The van der Waals surface area contributed by atoms with Crippen LogP contribution in [0.1, 0.15) is 284 Å². The molecule has 0 aliphatic carbocycles. The molecule has 0 aromatic rings. The van der Waals surface area contributed by atoms with Crippen LogP contribution < -0.4 is 0 Å². The summed E-state index contributed by atoms with van der Waals surface area (Å²) >= 11 is 0. The molecule has 0 aliphatic rings. The number of allylic oxidation sites excluding steroid dienone is 14. The molecule has 0 N–H and O–H groups in total.